The molecule has 5 nitrogen and oxygen atoms in total. The number of amides is 1. The summed E-state index contributed by atoms with van der Waals surface area (Å²) in [5.41, 5.74) is 0. The van der Waals surface area contributed by atoms with Crippen LogP contribution in [0.4, 0.5) is 9.18 Å². The van der Waals surface area contributed by atoms with E-state index in [1.54, 1.807) is 0 Å². The molecule has 0 aliphatic rings. The number of halogens is 1. The van der Waals surface area contributed by atoms with E-state index in [1.165, 1.54) is 13.8 Å². The third kappa shape index (κ3) is 8.02. The summed E-state index contributed by atoms with van der Waals surface area (Å²) in [5, 5.41) is 2.19. The van der Waals surface area contributed by atoms with Crippen LogP contribution >= 0.6 is 0 Å². The van der Waals surface area contributed by atoms with Crippen LogP contribution in [0.25, 0.3) is 0 Å². The summed E-state index contributed by atoms with van der Waals surface area (Å²) in [4.78, 5) is 22.0. The summed E-state index contributed by atoms with van der Waals surface area (Å²) in [6, 6.07) is 0. The molecule has 0 aliphatic heterocycles. The molecule has 0 radical (unpaired) electrons. The Bertz CT molecular complexity index is 233. The molecular weight excluding hydrogens is 217 g/mol. The van der Waals surface area contributed by atoms with E-state index in [0.717, 1.165) is 0 Å². The van der Waals surface area contributed by atoms with Crippen molar-refractivity contribution in [1.29, 1.82) is 0 Å². The summed E-state index contributed by atoms with van der Waals surface area (Å²) in [7, 11) is 0. The third-order valence-electron chi connectivity index (χ3n) is 1.55. The van der Waals surface area contributed by atoms with Crippen LogP contribution in [-0.2, 0) is 14.3 Å². The second-order valence-electron chi connectivity index (χ2n) is 3.37. The number of nitrogens with one attached hydrogen (secondary N) is 1. The van der Waals surface area contributed by atoms with E-state index in [-0.39, 0.29) is 13.0 Å². The fraction of sp³-hybridized carbons (Fsp3) is 0.800. The number of hydrogen-bond acceptors (Lipinski definition) is 4. The lowest BCUT2D eigenvalue weighted by molar-refractivity contribution is -0.164. The van der Waals surface area contributed by atoms with Gasteiger partial charge >= 0.3 is 12.1 Å². The molecule has 0 rings (SSSR count). The first-order valence-electron chi connectivity index (χ1n) is 5.23. The van der Waals surface area contributed by atoms with Gasteiger partial charge in [-0.15, -0.1) is 0 Å². The number of esters is 1. The van der Waals surface area contributed by atoms with Gasteiger partial charge in [0, 0.05) is 13.3 Å². The monoisotopic (exact) mass is 235 g/mol. The van der Waals surface area contributed by atoms with Gasteiger partial charge in [0.15, 0.2) is 0 Å². The summed E-state index contributed by atoms with van der Waals surface area (Å²) in [6.07, 6.45) is -1.98. The Morgan fingerprint density at radius 2 is 1.94 bits per heavy atom. The molecule has 94 valence electrons. The second-order valence-corrected chi connectivity index (χ2v) is 3.37. The first kappa shape index (κ1) is 14.7. The minimum atomic E-state index is -1.15. The summed E-state index contributed by atoms with van der Waals surface area (Å²) in [6.45, 7) is 4.44. The maximum atomic E-state index is 12.4. The standard InChI is InChI=1S/C10H18FNO4/c1-4-5-9(13)15-8(3)16-10(14)12-6-7(2)11/h7-8H,4-6H2,1-3H3,(H,12,14)/t7-,8?/m1/s1. The lowest BCUT2D eigenvalue weighted by atomic mass is 10.3. The number of ether oxygens (including phenoxy) is 2. The van der Waals surface area contributed by atoms with Crippen LogP contribution in [0.15, 0.2) is 0 Å². The van der Waals surface area contributed by atoms with E-state index in [9.17, 15) is 14.0 Å². The van der Waals surface area contributed by atoms with Crippen LogP contribution in [0.5, 0.6) is 0 Å². The molecule has 16 heavy (non-hydrogen) atoms. The van der Waals surface area contributed by atoms with Crippen LogP contribution in [0.3, 0.4) is 0 Å². The molecule has 6 heteroatoms. The Hall–Kier alpha value is -1.33. The number of hydrogen-bond donors (Lipinski definition) is 1. The van der Waals surface area contributed by atoms with Crippen LogP contribution in [-0.4, -0.2) is 31.1 Å². The van der Waals surface area contributed by atoms with Gasteiger partial charge in [-0.3, -0.25) is 4.79 Å². The fourth-order valence-corrected chi connectivity index (χ4v) is 0.889. The van der Waals surface area contributed by atoms with Crippen LogP contribution in [0, 0.1) is 0 Å². The average Bonchev–Trinajstić information content (AvgIpc) is 2.14. The maximum Gasteiger partial charge on any atom is 0.410 e. The van der Waals surface area contributed by atoms with Gasteiger partial charge in [0.1, 0.15) is 6.17 Å². The zero-order valence-corrected chi connectivity index (χ0v) is 9.79. The van der Waals surface area contributed by atoms with Gasteiger partial charge in [-0.1, -0.05) is 6.92 Å². The number of rotatable bonds is 6. The van der Waals surface area contributed by atoms with Gasteiger partial charge in [0.2, 0.25) is 6.29 Å². The molecule has 2 atom stereocenters. The van der Waals surface area contributed by atoms with Crippen molar-refractivity contribution in [1.82, 2.24) is 5.32 Å². The molecule has 0 saturated heterocycles. The van der Waals surface area contributed by atoms with Gasteiger partial charge in [0.05, 0.1) is 6.54 Å². The van der Waals surface area contributed by atoms with Crippen molar-refractivity contribution < 1.29 is 23.5 Å². The number of carbonyl (C=O) groups is 2. The zero-order chi connectivity index (χ0) is 12.6. The van der Waals surface area contributed by atoms with Crippen LogP contribution in [0.1, 0.15) is 33.6 Å². The quantitative estimate of drug-likeness (QED) is 0.562. The summed E-state index contributed by atoms with van der Waals surface area (Å²) >= 11 is 0. The molecule has 0 aromatic heterocycles. The van der Waals surface area contributed by atoms with Crippen molar-refractivity contribution in [2.75, 3.05) is 6.54 Å². The molecule has 0 spiro atoms. The largest absolute Gasteiger partial charge is 0.425 e. The molecule has 1 amide bonds. The van der Waals surface area contributed by atoms with Crippen LogP contribution in [0.2, 0.25) is 0 Å². The zero-order valence-electron chi connectivity index (χ0n) is 9.79. The molecule has 0 aromatic carbocycles. The lowest BCUT2D eigenvalue weighted by Crippen LogP contribution is -2.33. The third-order valence-corrected chi connectivity index (χ3v) is 1.55. The maximum absolute atomic E-state index is 12.4. The number of alkyl carbamates (subject to hydrolysis) is 1. The fourth-order valence-electron chi connectivity index (χ4n) is 0.889. The van der Waals surface area contributed by atoms with Gasteiger partial charge in [-0.2, -0.15) is 0 Å². The van der Waals surface area contributed by atoms with Crippen molar-refractivity contribution in [3.05, 3.63) is 0 Å². The van der Waals surface area contributed by atoms with E-state index >= 15 is 0 Å². The van der Waals surface area contributed by atoms with Crippen molar-refractivity contribution in [3.63, 3.8) is 0 Å². The van der Waals surface area contributed by atoms with Gasteiger partial charge in [-0.25, -0.2) is 9.18 Å². The summed E-state index contributed by atoms with van der Waals surface area (Å²) in [5.74, 6) is -0.429. The highest BCUT2D eigenvalue weighted by molar-refractivity contribution is 5.70. The predicted octanol–water partition coefficient (Wildman–Crippen LogP) is 1.76. The molecule has 0 aromatic rings. The Balaban J connectivity index is 3.73. The van der Waals surface area contributed by atoms with E-state index in [0.29, 0.717) is 6.42 Å². The predicted molar refractivity (Wildman–Crippen MR) is 55.5 cm³/mol. The van der Waals surface area contributed by atoms with Crippen molar-refractivity contribution in [3.8, 4) is 0 Å². The molecule has 0 bridgehead atoms. The molecule has 1 unspecified atom stereocenters. The second kappa shape index (κ2) is 7.90. The smallest absolute Gasteiger partial charge is 0.410 e. The van der Waals surface area contributed by atoms with Crippen molar-refractivity contribution >= 4 is 12.1 Å². The Morgan fingerprint density at radius 1 is 1.31 bits per heavy atom. The normalized spacial score (nSPS) is 13.8. The first-order chi connectivity index (χ1) is 7.45. The Morgan fingerprint density at radius 3 is 2.44 bits per heavy atom. The topological polar surface area (TPSA) is 64.6 Å². The number of alkyl halides is 1. The van der Waals surface area contributed by atoms with E-state index in [2.05, 4.69) is 10.1 Å². The van der Waals surface area contributed by atoms with Crippen LogP contribution < -0.4 is 5.32 Å². The van der Waals surface area contributed by atoms with Gasteiger partial charge in [0.25, 0.3) is 0 Å². The SMILES string of the molecule is CCCC(=O)OC(C)OC(=O)NC[C@@H](C)F. The Kier molecular flexibility index (Phi) is 7.24. The molecular formula is C10H18FNO4. The molecule has 0 aliphatic carbocycles. The minimum Gasteiger partial charge on any atom is -0.425 e. The highest BCUT2D eigenvalue weighted by atomic mass is 19.1. The summed E-state index contributed by atoms with van der Waals surface area (Å²) < 4.78 is 21.8. The Labute approximate surface area is 94.3 Å². The van der Waals surface area contributed by atoms with E-state index in [1.807, 2.05) is 6.92 Å². The highest BCUT2D eigenvalue weighted by Crippen LogP contribution is 1.99. The minimum absolute atomic E-state index is 0.130. The highest BCUT2D eigenvalue weighted by Gasteiger charge is 2.13. The molecule has 0 heterocycles. The molecule has 0 fully saturated rings. The van der Waals surface area contributed by atoms with Crippen molar-refractivity contribution in [2.45, 2.75) is 46.1 Å². The number of carbonyl (C=O) groups excluding carboxylic acids is 2. The van der Waals surface area contributed by atoms with Crippen molar-refractivity contribution in [2.24, 2.45) is 0 Å². The van der Waals surface area contributed by atoms with E-state index < -0.39 is 24.5 Å². The molecule has 1 N–H and O–H groups in total. The average molecular weight is 235 g/mol. The van der Waals surface area contributed by atoms with Gasteiger partial charge < -0.3 is 14.8 Å². The lowest BCUT2D eigenvalue weighted by Gasteiger charge is -2.14. The first-order valence-corrected chi connectivity index (χ1v) is 5.23. The molecule has 0 saturated carbocycles. The van der Waals surface area contributed by atoms with E-state index in [4.69, 9.17) is 4.74 Å². The van der Waals surface area contributed by atoms with Gasteiger partial charge in [-0.05, 0) is 13.3 Å².